The van der Waals surface area contributed by atoms with Gasteiger partial charge < -0.3 is 10.6 Å². The summed E-state index contributed by atoms with van der Waals surface area (Å²) in [4.78, 5) is 28.5. The Kier molecular flexibility index (Phi) is 5.10. The van der Waals surface area contributed by atoms with Gasteiger partial charge in [0.1, 0.15) is 0 Å². The maximum atomic E-state index is 12.4. The first kappa shape index (κ1) is 17.1. The summed E-state index contributed by atoms with van der Waals surface area (Å²) in [6, 6.07) is 3.66. The van der Waals surface area contributed by atoms with Gasteiger partial charge in [-0.1, -0.05) is 27.7 Å². The fraction of sp³-hybridized carbons (Fsp3) is 0.562. The van der Waals surface area contributed by atoms with Gasteiger partial charge in [0.15, 0.2) is 0 Å². The Morgan fingerprint density at radius 3 is 2.14 bits per heavy atom. The van der Waals surface area contributed by atoms with Gasteiger partial charge in [0.25, 0.3) is 0 Å². The normalized spacial score (nSPS) is 11.9. The van der Waals surface area contributed by atoms with Gasteiger partial charge in [-0.15, -0.1) is 0 Å². The van der Waals surface area contributed by atoms with Gasteiger partial charge in [-0.05, 0) is 25.5 Å². The third-order valence-electron chi connectivity index (χ3n) is 3.51. The molecule has 0 aliphatic rings. The van der Waals surface area contributed by atoms with E-state index in [0.717, 1.165) is 5.69 Å². The second-order valence-corrected chi connectivity index (χ2v) is 6.67. The first-order valence-corrected chi connectivity index (χ1v) is 7.05. The van der Waals surface area contributed by atoms with Gasteiger partial charge in [0, 0.05) is 23.6 Å². The Morgan fingerprint density at radius 2 is 1.67 bits per heavy atom. The molecule has 0 unspecified atom stereocenters. The van der Waals surface area contributed by atoms with Crippen LogP contribution in [-0.2, 0) is 9.59 Å². The van der Waals surface area contributed by atoms with Crippen molar-refractivity contribution in [1.29, 1.82) is 0 Å². The Labute approximate surface area is 126 Å². The van der Waals surface area contributed by atoms with E-state index < -0.39 is 10.8 Å². The Hall–Kier alpha value is -1.91. The Balaban J connectivity index is 2.79. The van der Waals surface area contributed by atoms with Crippen LogP contribution in [0.4, 0.5) is 5.69 Å². The van der Waals surface area contributed by atoms with Crippen LogP contribution in [0.3, 0.4) is 0 Å². The second-order valence-electron chi connectivity index (χ2n) is 6.67. The smallest absolute Gasteiger partial charge is 0.230 e. The summed E-state index contributed by atoms with van der Waals surface area (Å²) in [5.41, 5.74) is 0.284. The van der Waals surface area contributed by atoms with Gasteiger partial charge >= 0.3 is 0 Å². The molecule has 1 rings (SSSR count). The minimum absolute atomic E-state index is 0.0691. The number of hydrogen-bond acceptors (Lipinski definition) is 3. The maximum Gasteiger partial charge on any atom is 0.230 e. The molecular weight excluding hydrogens is 266 g/mol. The summed E-state index contributed by atoms with van der Waals surface area (Å²) in [6.45, 7) is 9.26. The third-order valence-corrected chi connectivity index (χ3v) is 3.51. The van der Waals surface area contributed by atoms with Gasteiger partial charge in [0.05, 0.1) is 11.9 Å². The standard InChI is InChI=1S/C16H25N3O2/c1-11-7-8-12(9-18-11)19-14(21)16(4,5)10-15(2,3)13(20)17-6/h7-9H,10H2,1-6H3,(H,17,20)(H,19,21). The number of aryl methyl sites for hydroxylation is 1. The predicted octanol–water partition coefficient (Wildman–Crippen LogP) is 2.52. The average molecular weight is 291 g/mol. The van der Waals surface area contributed by atoms with Crippen molar-refractivity contribution >= 4 is 17.5 Å². The predicted molar refractivity (Wildman–Crippen MR) is 83.8 cm³/mol. The summed E-state index contributed by atoms with van der Waals surface area (Å²) >= 11 is 0. The molecule has 0 saturated heterocycles. The number of aromatic nitrogens is 1. The van der Waals surface area contributed by atoms with Crippen LogP contribution in [0.25, 0.3) is 0 Å². The minimum atomic E-state index is -0.666. The molecule has 1 aromatic heterocycles. The zero-order valence-electron chi connectivity index (χ0n) is 13.7. The molecule has 0 aromatic carbocycles. The van der Waals surface area contributed by atoms with Crippen LogP contribution >= 0.6 is 0 Å². The van der Waals surface area contributed by atoms with Crippen molar-refractivity contribution in [2.75, 3.05) is 12.4 Å². The molecule has 5 nitrogen and oxygen atoms in total. The zero-order valence-corrected chi connectivity index (χ0v) is 13.7. The van der Waals surface area contributed by atoms with Gasteiger partial charge in [-0.3, -0.25) is 14.6 Å². The molecule has 2 N–H and O–H groups in total. The highest BCUT2D eigenvalue weighted by Crippen LogP contribution is 2.34. The van der Waals surface area contributed by atoms with Crippen LogP contribution < -0.4 is 10.6 Å². The van der Waals surface area contributed by atoms with Crippen LogP contribution in [0.5, 0.6) is 0 Å². The molecule has 0 aliphatic heterocycles. The number of nitrogens with one attached hydrogen (secondary N) is 2. The fourth-order valence-electron chi connectivity index (χ4n) is 2.45. The highest BCUT2D eigenvalue weighted by atomic mass is 16.2. The minimum Gasteiger partial charge on any atom is -0.359 e. The summed E-state index contributed by atoms with van der Waals surface area (Å²) < 4.78 is 0. The lowest BCUT2D eigenvalue weighted by Gasteiger charge is -2.32. The molecule has 1 heterocycles. The molecule has 0 aliphatic carbocycles. The lowest BCUT2D eigenvalue weighted by Crippen LogP contribution is -2.42. The van der Waals surface area contributed by atoms with E-state index in [1.807, 2.05) is 46.8 Å². The van der Waals surface area contributed by atoms with E-state index in [1.54, 1.807) is 13.2 Å². The monoisotopic (exact) mass is 291 g/mol. The molecule has 21 heavy (non-hydrogen) atoms. The Morgan fingerprint density at radius 1 is 1.10 bits per heavy atom. The molecule has 0 saturated carbocycles. The maximum absolute atomic E-state index is 12.4. The zero-order chi connectivity index (χ0) is 16.3. The van der Waals surface area contributed by atoms with Gasteiger partial charge in [0.2, 0.25) is 11.8 Å². The van der Waals surface area contributed by atoms with Crippen LogP contribution in [0.2, 0.25) is 0 Å². The quantitative estimate of drug-likeness (QED) is 0.875. The first-order valence-electron chi connectivity index (χ1n) is 7.05. The molecule has 0 radical (unpaired) electrons. The third kappa shape index (κ3) is 4.55. The highest BCUT2D eigenvalue weighted by molar-refractivity contribution is 5.95. The molecule has 1 aromatic rings. The average Bonchev–Trinajstić information content (AvgIpc) is 2.39. The topological polar surface area (TPSA) is 71.1 Å². The molecule has 116 valence electrons. The van der Waals surface area contributed by atoms with Crippen molar-refractivity contribution in [3.05, 3.63) is 24.0 Å². The molecule has 0 bridgehead atoms. The molecule has 0 fully saturated rings. The van der Waals surface area contributed by atoms with E-state index in [9.17, 15) is 9.59 Å². The molecule has 0 atom stereocenters. The number of carbonyl (C=O) groups excluding carboxylic acids is 2. The lowest BCUT2D eigenvalue weighted by atomic mass is 9.74. The number of nitrogens with zero attached hydrogens (tertiary/aromatic N) is 1. The van der Waals surface area contributed by atoms with Crippen molar-refractivity contribution < 1.29 is 9.59 Å². The van der Waals surface area contributed by atoms with Gasteiger partial charge in [-0.2, -0.15) is 0 Å². The van der Waals surface area contributed by atoms with Gasteiger partial charge in [-0.25, -0.2) is 0 Å². The van der Waals surface area contributed by atoms with Crippen LogP contribution in [0, 0.1) is 17.8 Å². The van der Waals surface area contributed by atoms with E-state index in [2.05, 4.69) is 15.6 Å². The Bertz CT molecular complexity index is 519. The fourth-order valence-corrected chi connectivity index (χ4v) is 2.45. The number of rotatable bonds is 5. The first-order chi connectivity index (χ1) is 9.58. The van der Waals surface area contributed by atoms with Crippen molar-refractivity contribution in [2.24, 2.45) is 10.8 Å². The van der Waals surface area contributed by atoms with E-state index in [4.69, 9.17) is 0 Å². The number of pyridine rings is 1. The van der Waals surface area contributed by atoms with Crippen LogP contribution in [0.15, 0.2) is 18.3 Å². The van der Waals surface area contributed by atoms with E-state index >= 15 is 0 Å². The van der Waals surface area contributed by atoms with E-state index in [-0.39, 0.29) is 11.8 Å². The number of carbonyl (C=O) groups is 2. The van der Waals surface area contributed by atoms with Crippen molar-refractivity contribution in [1.82, 2.24) is 10.3 Å². The summed E-state index contributed by atoms with van der Waals surface area (Å²) in [5, 5.41) is 5.50. The highest BCUT2D eigenvalue weighted by Gasteiger charge is 2.38. The SMILES string of the molecule is CNC(=O)C(C)(C)CC(C)(C)C(=O)Nc1ccc(C)nc1. The number of anilines is 1. The van der Waals surface area contributed by atoms with E-state index in [0.29, 0.717) is 12.1 Å². The van der Waals surface area contributed by atoms with Crippen molar-refractivity contribution in [3.63, 3.8) is 0 Å². The summed E-state index contributed by atoms with van der Waals surface area (Å²) in [7, 11) is 1.61. The molecule has 2 amide bonds. The molecule has 0 spiro atoms. The largest absolute Gasteiger partial charge is 0.359 e. The van der Waals surface area contributed by atoms with Crippen LogP contribution in [-0.4, -0.2) is 23.8 Å². The van der Waals surface area contributed by atoms with Crippen LogP contribution in [0.1, 0.15) is 39.8 Å². The van der Waals surface area contributed by atoms with Crippen molar-refractivity contribution in [3.8, 4) is 0 Å². The molecular formula is C16H25N3O2. The van der Waals surface area contributed by atoms with Crippen molar-refractivity contribution in [2.45, 2.75) is 41.0 Å². The van der Waals surface area contributed by atoms with E-state index in [1.165, 1.54) is 0 Å². The number of amides is 2. The number of hydrogen-bond donors (Lipinski definition) is 2. The lowest BCUT2D eigenvalue weighted by molar-refractivity contribution is -0.133. The second kappa shape index (κ2) is 6.24. The summed E-state index contributed by atoms with van der Waals surface area (Å²) in [5.74, 6) is -0.189. The molecule has 5 heteroatoms. The summed E-state index contributed by atoms with van der Waals surface area (Å²) in [6.07, 6.45) is 2.08.